The number of alkyl halides is 3. The molecule has 1 aromatic heterocycles. The molecule has 1 aliphatic carbocycles. The molecule has 2 atom stereocenters. The van der Waals surface area contributed by atoms with Crippen molar-refractivity contribution in [1.82, 2.24) is 25.6 Å². The molecule has 1 aliphatic heterocycles. The van der Waals surface area contributed by atoms with E-state index in [-0.39, 0.29) is 36.5 Å². The van der Waals surface area contributed by atoms with Gasteiger partial charge < -0.3 is 35.8 Å². The van der Waals surface area contributed by atoms with Crippen molar-refractivity contribution in [3.05, 3.63) is 64.7 Å². The summed E-state index contributed by atoms with van der Waals surface area (Å²) in [6, 6.07) is 10.7. The van der Waals surface area contributed by atoms with E-state index in [9.17, 15) is 37.5 Å². The standard InChI is InChI=1S/C32H33ClF3N7O7/c33-20-7-5-19(6-8-20)31(13-14-31)43-29-40-28(41-30(42-29)50-17-32(34,35)36)38-21-9-3-18(4-10-21)25(45)39-23(27(47)48)11-12-24(44)26(46)37-16-22-2-1-15-49-22/h3-10,22-23H,1-2,11-17H2,(H,37,46)(H,39,45)(H,47,48)(H2,38,40,41,42,43)/t22?,23-/m1/s1. The van der Waals surface area contributed by atoms with Crippen LogP contribution in [0.3, 0.4) is 0 Å². The third kappa shape index (κ3) is 10.2. The third-order valence-electron chi connectivity index (χ3n) is 7.91. The average molecular weight is 720 g/mol. The number of hydrogen-bond acceptors (Lipinski definition) is 11. The van der Waals surface area contributed by atoms with Gasteiger partial charge in [-0.05, 0) is 74.1 Å². The molecule has 14 nitrogen and oxygen atoms in total. The number of carbonyl (C=O) groups excluding carboxylic acids is 3. The topological polar surface area (TPSA) is 194 Å². The Balaban J connectivity index is 1.21. The molecule has 2 fully saturated rings. The quantitative estimate of drug-likeness (QED) is 0.133. The minimum absolute atomic E-state index is 0.0402. The van der Waals surface area contributed by atoms with Crippen molar-refractivity contribution < 1.29 is 46.9 Å². The highest BCUT2D eigenvalue weighted by atomic mass is 35.5. The summed E-state index contributed by atoms with van der Waals surface area (Å²) < 4.78 is 48.9. The van der Waals surface area contributed by atoms with Gasteiger partial charge in [0.2, 0.25) is 17.7 Å². The van der Waals surface area contributed by atoms with Crippen LogP contribution >= 0.6 is 11.6 Å². The SMILES string of the molecule is O=C(CC[C@@H](NC(=O)c1ccc(Nc2nc(NC3(c4ccc(Cl)cc4)CC3)nc(OCC(F)(F)F)n2)cc1)C(=O)O)C(=O)NCC1CCCO1. The summed E-state index contributed by atoms with van der Waals surface area (Å²) in [5.41, 5.74) is 0.718. The zero-order valence-corrected chi connectivity index (χ0v) is 27.1. The molecular formula is C32H33ClF3N7O7. The first kappa shape index (κ1) is 36.3. The predicted octanol–water partition coefficient (Wildman–Crippen LogP) is 4.14. The van der Waals surface area contributed by atoms with Crippen LogP contribution in [0.1, 0.15) is 54.4 Å². The molecule has 0 radical (unpaired) electrons. The summed E-state index contributed by atoms with van der Waals surface area (Å²) in [6.07, 6.45) is -2.49. The maximum Gasteiger partial charge on any atom is 0.422 e. The summed E-state index contributed by atoms with van der Waals surface area (Å²) in [7, 11) is 0. The first-order valence-electron chi connectivity index (χ1n) is 15.6. The number of nitrogens with one attached hydrogen (secondary N) is 4. The number of rotatable bonds is 16. The van der Waals surface area contributed by atoms with E-state index in [0.717, 1.165) is 18.4 Å². The largest absolute Gasteiger partial charge is 0.480 e. The molecule has 266 valence electrons. The fraction of sp³-hybridized carbons (Fsp3) is 0.406. The van der Waals surface area contributed by atoms with Crippen molar-refractivity contribution in [3.8, 4) is 6.01 Å². The molecule has 1 unspecified atom stereocenters. The Hall–Kier alpha value is -5.03. The third-order valence-corrected chi connectivity index (χ3v) is 8.16. The number of benzene rings is 2. The number of carbonyl (C=O) groups is 4. The summed E-state index contributed by atoms with van der Waals surface area (Å²) in [4.78, 5) is 61.2. The number of aliphatic carboxylic acids is 1. The summed E-state index contributed by atoms with van der Waals surface area (Å²) >= 11 is 6.01. The van der Waals surface area contributed by atoms with Crippen LogP contribution in [0.2, 0.25) is 5.02 Å². The van der Waals surface area contributed by atoms with Crippen molar-refractivity contribution in [2.24, 2.45) is 0 Å². The van der Waals surface area contributed by atoms with E-state index >= 15 is 0 Å². The Morgan fingerprint density at radius 1 is 1.02 bits per heavy atom. The molecule has 2 heterocycles. The molecule has 2 aromatic carbocycles. The number of amides is 2. The van der Waals surface area contributed by atoms with Gasteiger partial charge in [0, 0.05) is 35.8 Å². The molecular weight excluding hydrogens is 687 g/mol. The van der Waals surface area contributed by atoms with Gasteiger partial charge in [0.15, 0.2) is 6.61 Å². The van der Waals surface area contributed by atoms with Gasteiger partial charge in [-0.2, -0.15) is 28.1 Å². The second-order valence-corrected chi connectivity index (χ2v) is 12.2. The second-order valence-electron chi connectivity index (χ2n) is 11.8. The van der Waals surface area contributed by atoms with Gasteiger partial charge in [-0.15, -0.1) is 0 Å². The smallest absolute Gasteiger partial charge is 0.422 e. The zero-order chi connectivity index (χ0) is 35.9. The van der Waals surface area contributed by atoms with Crippen LogP contribution in [0.5, 0.6) is 6.01 Å². The van der Waals surface area contributed by atoms with E-state index in [0.29, 0.717) is 30.2 Å². The van der Waals surface area contributed by atoms with Crippen molar-refractivity contribution >= 4 is 52.8 Å². The monoisotopic (exact) mass is 719 g/mol. The van der Waals surface area contributed by atoms with Crippen molar-refractivity contribution in [2.45, 2.75) is 62.4 Å². The average Bonchev–Trinajstić information content (AvgIpc) is 3.65. The Bertz CT molecular complexity index is 1700. The Labute approximate surface area is 288 Å². The van der Waals surface area contributed by atoms with E-state index in [2.05, 4.69) is 36.2 Å². The highest BCUT2D eigenvalue weighted by Gasteiger charge is 2.45. The fourth-order valence-corrected chi connectivity index (χ4v) is 5.23. The van der Waals surface area contributed by atoms with Crippen LogP contribution in [0, 0.1) is 0 Å². The minimum atomic E-state index is -4.64. The van der Waals surface area contributed by atoms with E-state index in [1.165, 1.54) is 24.3 Å². The van der Waals surface area contributed by atoms with Gasteiger partial charge >= 0.3 is 18.2 Å². The predicted molar refractivity (Wildman–Crippen MR) is 172 cm³/mol. The van der Waals surface area contributed by atoms with Crippen LogP contribution in [0.25, 0.3) is 0 Å². The van der Waals surface area contributed by atoms with E-state index in [4.69, 9.17) is 21.1 Å². The van der Waals surface area contributed by atoms with Crippen LogP contribution < -0.4 is 26.0 Å². The van der Waals surface area contributed by atoms with Crippen LogP contribution in [-0.2, 0) is 24.7 Å². The minimum Gasteiger partial charge on any atom is -0.480 e. The maximum atomic E-state index is 12.9. The van der Waals surface area contributed by atoms with E-state index in [1.54, 1.807) is 12.1 Å². The molecule has 5 N–H and O–H groups in total. The van der Waals surface area contributed by atoms with Gasteiger partial charge in [0.1, 0.15) is 6.04 Å². The Morgan fingerprint density at radius 2 is 1.72 bits per heavy atom. The van der Waals surface area contributed by atoms with Crippen LogP contribution in [0.4, 0.5) is 30.8 Å². The van der Waals surface area contributed by atoms with Crippen molar-refractivity contribution in [3.63, 3.8) is 0 Å². The molecule has 1 saturated heterocycles. The highest BCUT2D eigenvalue weighted by molar-refractivity contribution is 6.36. The Kier molecular flexibility index (Phi) is 11.4. The second kappa shape index (κ2) is 15.7. The Morgan fingerprint density at radius 3 is 2.34 bits per heavy atom. The molecule has 5 rings (SSSR count). The lowest BCUT2D eigenvalue weighted by atomic mass is 10.1. The number of carboxylic acid groups (broad SMARTS) is 1. The normalized spacial score (nSPS) is 16.9. The number of ether oxygens (including phenoxy) is 2. The molecule has 1 saturated carbocycles. The summed E-state index contributed by atoms with van der Waals surface area (Å²) in [5, 5.41) is 21.0. The number of halogens is 4. The van der Waals surface area contributed by atoms with Gasteiger partial charge in [0.25, 0.3) is 11.8 Å². The number of carboxylic acids is 1. The van der Waals surface area contributed by atoms with Crippen LogP contribution in [-0.4, -0.2) is 81.7 Å². The number of Topliss-reactive ketones (excluding diaryl/α,β-unsaturated/α-hetero) is 1. The number of nitrogens with zero attached hydrogens (tertiary/aromatic N) is 3. The van der Waals surface area contributed by atoms with Gasteiger partial charge in [-0.3, -0.25) is 14.4 Å². The first-order valence-corrected chi connectivity index (χ1v) is 16.0. The number of hydrogen-bond donors (Lipinski definition) is 5. The number of anilines is 3. The highest BCUT2D eigenvalue weighted by Crippen LogP contribution is 2.48. The molecule has 2 amide bonds. The van der Waals surface area contributed by atoms with Crippen molar-refractivity contribution in [1.29, 1.82) is 0 Å². The summed E-state index contributed by atoms with van der Waals surface area (Å²) in [6.45, 7) is -0.864. The van der Waals surface area contributed by atoms with E-state index in [1.807, 2.05) is 12.1 Å². The molecule has 0 bridgehead atoms. The van der Waals surface area contributed by atoms with Crippen LogP contribution in [0.15, 0.2) is 48.5 Å². The first-order chi connectivity index (χ1) is 23.8. The number of aromatic nitrogens is 3. The lowest BCUT2D eigenvalue weighted by molar-refractivity contribution is -0.154. The number of ketones is 1. The molecule has 2 aliphatic rings. The lowest BCUT2D eigenvalue weighted by Crippen LogP contribution is -2.42. The van der Waals surface area contributed by atoms with Gasteiger partial charge in [0.05, 0.1) is 11.6 Å². The molecule has 18 heteroatoms. The molecule has 3 aromatic rings. The van der Waals surface area contributed by atoms with Crippen molar-refractivity contribution in [2.75, 3.05) is 30.4 Å². The molecule has 0 spiro atoms. The molecule has 50 heavy (non-hydrogen) atoms. The maximum absolute atomic E-state index is 12.9. The lowest BCUT2D eigenvalue weighted by Gasteiger charge is -2.19. The summed E-state index contributed by atoms with van der Waals surface area (Å²) in [5.74, 6) is -4.02. The fourth-order valence-electron chi connectivity index (χ4n) is 5.11. The zero-order valence-electron chi connectivity index (χ0n) is 26.4. The van der Waals surface area contributed by atoms with Gasteiger partial charge in [-0.1, -0.05) is 23.7 Å². The van der Waals surface area contributed by atoms with Gasteiger partial charge in [-0.25, -0.2) is 4.79 Å². The van der Waals surface area contributed by atoms with E-state index < -0.39 is 60.4 Å².